The summed E-state index contributed by atoms with van der Waals surface area (Å²) < 4.78 is 0. The molecule has 142 valence electrons. The number of hydrogen-bond donors (Lipinski definition) is 1. The Morgan fingerprint density at radius 3 is 2.62 bits per heavy atom. The highest BCUT2D eigenvalue weighted by Gasteiger charge is 2.19. The fourth-order valence-electron chi connectivity index (χ4n) is 3.19. The quantitative estimate of drug-likeness (QED) is 0.422. The van der Waals surface area contributed by atoms with Crippen molar-refractivity contribution in [3.05, 3.63) is 81.2 Å². The van der Waals surface area contributed by atoms with Crippen LogP contribution < -0.4 is 5.32 Å². The second-order valence-electron chi connectivity index (χ2n) is 6.61. The van der Waals surface area contributed by atoms with Crippen molar-refractivity contribution in [2.24, 2.45) is 0 Å². The van der Waals surface area contributed by atoms with Gasteiger partial charge < -0.3 is 5.32 Å². The summed E-state index contributed by atoms with van der Waals surface area (Å²) in [6.45, 7) is 3.82. The first-order valence-electron chi connectivity index (χ1n) is 8.95. The maximum atomic E-state index is 13.2. The Kier molecular flexibility index (Phi) is 5.06. The lowest BCUT2D eigenvalue weighted by Gasteiger charge is -2.11. The highest BCUT2D eigenvalue weighted by molar-refractivity contribution is 7.16. The van der Waals surface area contributed by atoms with Gasteiger partial charge in [0.2, 0.25) is 0 Å². The zero-order chi connectivity index (χ0) is 20.5. The molecule has 4 rings (SSSR count). The molecule has 0 fully saturated rings. The van der Waals surface area contributed by atoms with Crippen molar-refractivity contribution in [3.8, 4) is 17.3 Å². The number of anilines is 1. The number of aryl methyl sites for hydroxylation is 1. The number of nitrogens with one attached hydrogen (secondary N) is 1. The molecule has 1 amide bonds. The van der Waals surface area contributed by atoms with Crippen LogP contribution in [0.1, 0.15) is 26.4 Å². The molecule has 0 aliphatic heterocycles. The lowest BCUT2D eigenvalue weighted by atomic mass is 10.0. The fourth-order valence-corrected chi connectivity index (χ4v) is 4.43. The van der Waals surface area contributed by atoms with Gasteiger partial charge in [-0.3, -0.25) is 4.79 Å². The zero-order valence-electron chi connectivity index (χ0n) is 15.8. The molecule has 4 aromatic rings. The van der Waals surface area contributed by atoms with E-state index in [1.165, 1.54) is 11.3 Å². The molecule has 1 N–H and O–H groups in total. The van der Waals surface area contributed by atoms with Crippen molar-refractivity contribution < 1.29 is 4.79 Å². The van der Waals surface area contributed by atoms with Gasteiger partial charge in [-0.05, 0) is 37.6 Å². The molecule has 0 saturated carbocycles. The van der Waals surface area contributed by atoms with Crippen LogP contribution in [-0.2, 0) is 0 Å². The molecular formula is C23H16ClN3OS. The molecule has 4 nitrogen and oxygen atoms in total. The monoisotopic (exact) mass is 417 g/mol. The molecule has 0 aliphatic carbocycles. The number of amides is 1. The summed E-state index contributed by atoms with van der Waals surface area (Å²) in [5.74, 6) is -0.283. The number of nitriles is 1. The number of halogens is 1. The van der Waals surface area contributed by atoms with Crippen LogP contribution >= 0.6 is 22.9 Å². The van der Waals surface area contributed by atoms with E-state index in [0.717, 1.165) is 21.4 Å². The van der Waals surface area contributed by atoms with Crippen LogP contribution in [0.15, 0.2) is 54.6 Å². The maximum Gasteiger partial charge on any atom is 0.257 e. The minimum absolute atomic E-state index is 0.283. The van der Waals surface area contributed by atoms with Crippen LogP contribution in [0, 0.1) is 25.2 Å². The standard InChI is InChI=1S/C23H16ClN3OS/c1-13-14(2)29-23(18(13)12-25)27-22(28)17-11-21(16-8-3-5-9-19(16)24)26-20-10-6-4-7-15(17)20/h3-11H,1-2H3,(H,27,28). The van der Waals surface area contributed by atoms with Crippen molar-refractivity contribution in [2.75, 3.05) is 5.32 Å². The molecule has 0 bridgehead atoms. The van der Waals surface area contributed by atoms with Gasteiger partial charge in [0.1, 0.15) is 11.1 Å². The SMILES string of the molecule is Cc1sc(NC(=O)c2cc(-c3ccccc3Cl)nc3ccccc23)c(C#N)c1C. The molecule has 0 radical (unpaired) electrons. The van der Waals surface area contributed by atoms with Gasteiger partial charge in [0.25, 0.3) is 5.91 Å². The third kappa shape index (κ3) is 3.49. The molecule has 29 heavy (non-hydrogen) atoms. The van der Waals surface area contributed by atoms with Gasteiger partial charge in [-0.2, -0.15) is 5.26 Å². The van der Waals surface area contributed by atoms with Crippen molar-refractivity contribution in [2.45, 2.75) is 13.8 Å². The Hall–Kier alpha value is -3.20. The second-order valence-corrected chi connectivity index (χ2v) is 8.24. The Morgan fingerprint density at radius 2 is 1.86 bits per heavy atom. The Balaban J connectivity index is 1.85. The van der Waals surface area contributed by atoms with Gasteiger partial charge in [-0.1, -0.05) is 48.0 Å². The summed E-state index contributed by atoms with van der Waals surface area (Å²) >= 11 is 7.76. The highest BCUT2D eigenvalue weighted by Crippen LogP contribution is 2.33. The molecule has 0 spiro atoms. The molecule has 2 heterocycles. The van der Waals surface area contributed by atoms with Gasteiger partial charge >= 0.3 is 0 Å². The van der Waals surface area contributed by atoms with Crippen molar-refractivity contribution >= 4 is 44.7 Å². The van der Waals surface area contributed by atoms with E-state index in [1.54, 1.807) is 12.1 Å². The van der Waals surface area contributed by atoms with E-state index < -0.39 is 0 Å². The van der Waals surface area contributed by atoms with Gasteiger partial charge in [-0.15, -0.1) is 11.3 Å². The summed E-state index contributed by atoms with van der Waals surface area (Å²) in [7, 11) is 0. The first-order valence-corrected chi connectivity index (χ1v) is 10.1. The maximum absolute atomic E-state index is 13.2. The van der Waals surface area contributed by atoms with E-state index in [1.807, 2.05) is 56.3 Å². The second kappa shape index (κ2) is 7.67. The summed E-state index contributed by atoms with van der Waals surface area (Å²) in [6, 6.07) is 18.8. The number of aromatic nitrogens is 1. The van der Waals surface area contributed by atoms with E-state index in [9.17, 15) is 10.1 Å². The summed E-state index contributed by atoms with van der Waals surface area (Å²) in [5.41, 5.74) is 3.97. The van der Waals surface area contributed by atoms with Crippen LogP contribution in [0.2, 0.25) is 5.02 Å². The van der Waals surface area contributed by atoms with Gasteiger partial charge in [0.05, 0.1) is 22.3 Å². The highest BCUT2D eigenvalue weighted by atomic mass is 35.5. The fraction of sp³-hybridized carbons (Fsp3) is 0.0870. The van der Waals surface area contributed by atoms with Gasteiger partial charge in [-0.25, -0.2) is 4.98 Å². The average molecular weight is 418 g/mol. The average Bonchev–Trinajstić information content (AvgIpc) is 2.99. The van der Waals surface area contributed by atoms with Crippen LogP contribution in [0.3, 0.4) is 0 Å². The smallest absolute Gasteiger partial charge is 0.257 e. The predicted octanol–water partition coefficient (Wildman–Crippen LogP) is 6.36. The van der Waals surface area contributed by atoms with E-state index in [0.29, 0.717) is 32.4 Å². The first-order chi connectivity index (χ1) is 14.0. The Bertz CT molecular complexity index is 1300. The number of fused-ring (bicyclic) bond motifs is 1. The number of hydrogen-bond acceptors (Lipinski definition) is 4. The minimum atomic E-state index is -0.283. The van der Waals surface area contributed by atoms with Crippen molar-refractivity contribution in [1.29, 1.82) is 5.26 Å². The number of carbonyl (C=O) groups is 1. The van der Waals surface area contributed by atoms with E-state index in [2.05, 4.69) is 11.4 Å². The van der Waals surface area contributed by atoms with Crippen LogP contribution in [0.5, 0.6) is 0 Å². The summed E-state index contributed by atoms with van der Waals surface area (Å²) in [6.07, 6.45) is 0. The molecular weight excluding hydrogens is 402 g/mol. The molecule has 0 unspecified atom stereocenters. The van der Waals surface area contributed by atoms with E-state index >= 15 is 0 Å². The Morgan fingerprint density at radius 1 is 1.14 bits per heavy atom. The number of nitrogens with zero attached hydrogens (tertiary/aromatic N) is 2. The van der Waals surface area contributed by atoms with Gasteiger partial charge in [0, 0.05) is 20.8 Å². The Labute approximate surface area is 177 Å². The summed E-state index contributed by atoms with van der Waals surface area (Å²) in [5, 5.41) is 14.3. The molecule has 0 saturated heterocycles. The lowest BCUT2D eigenvalue weighted by molar-refractivity contribution is 0.102. The van der Waals surface area contributed by atoms with Crippen LogP contribution in [-0.4, -0.2) is 10.9 Å². The van der Waals surface area contributed by atoms with Crippen molar-refractivity contribution in [1.82, 2.24) is 4.98 Å². The van der Waals surface area contributed by atoms with E-state index in [4.69, 9.17) is 16.6 Å². The topological polar surface area (TPSA) is 65.8 Å². The number of rotatable bonds is 3. The summed E-state index contributed by atoms with van der Waals surface area (Å²) in [4.78, 5) is 18.9. The lowest BCUT2D eigenvalue weighted by Crippen LogP contribution is -2.13. The minimum Gasteiger partial charge on any atom is -0.312 e. The third-order valence-corrected chi connectivity index (χ3v) is 6.29. The molecule has 2 aromatic carbocycles. The van der Waals surface area contributed by atoms with Crippen molar-refractivity contribution in [3.63, 3.8) is 0 Å². The van der Waals surface area contributed by atoms with Crippen LogP contribution in [0.4, 0.5) is 5.00 Å². The molecule has 0 atom stereocenters. The molecule has 2 aromatic heterocycles. The van der Waals surface area contributed by atoms with Gasteiger partial charge in [0.15, 0.2) is 0 Å². The zero-order valence-corrected chi connectivity index (χ0v) is 17.4. The van der Waals surface area contributed by atoms with E-state index in [-0.39, 0.29) is 5.91 Å². The predicted molar refractivity (Wildman–Crippen MR) is 119 cm³/mol. The first kappa shape index (κ1) is 19.1. The molecule has 0 aliphatic rings. The number of thiophene rings is 1. The van der Waals surface area contributed by atoms with Crippen LogP contribution in [0.25, 0.3) is 22.2 Å². The third-order valence-electron chi connectivity index (χ3n) is 4.83. The normalized spacial score (nSPS) is 10.7. The molecule has 6 heteroatoms. The number of carbonyl (C=O) groups excluding carboxylic acids is 1. The largest absolute Gasteiger partial charge is 0.312 e. The number of para-hydroxylation sites is 1. The number of pyridine rings is 1. The number of benzene rings is 2.